The van der Waals surface area contributed by atoms with E-state index < -0.39 is 5.91 Å². The van der Waals surface area contributed by atoms with Gasteiger partial charge >= 0.3 is 0 Å². The maximum absolute atomic E-state index is 11.0. The molecule has 1 aromatic carbocycles. The van der Waals surface area contributed by atoms with Gasteiger partial charge in [0.25, 0.3) is 0 Å². The van der Waals surface area contributed by atoms with E-state index in [9.17, 15) is 4.79 Å². The monoisotopic (exact) mass is 238 g/mol. The number of nitriles is 1. The Kier molecular flexibility index (Phi) is 3.21. The molecule has 0 aliphatic carbocycles. The number of hydrogen-bond acceptors (Lipinski definition) is 4. The third kappa shape index (κ3) is 2.62. The van der Waals surface area contributed by atoms with Gasteiger partial charge in [-0.15, -0.1) is 0 Å². The fourth-order valence-electron chi connectivity index (χ4n) is 1.47. The molecule has 0 saturated carbocycles. The zero-order valence-corrected chi connectivity index (χ0v) is 9.42. The second-order valence-corrected chi connectivity index (χ2v) is 3.61. The lowest BCUT2D eigenvalue weighted by Crippen LogP contribution is -2.10. The van der Waals surface area contributed by atoms with Gasteiger partial charge in [0.05, 0.1) is 11.6 Å². The van der Waals surface area contributed by atoms with Crippen molar-refractivity contribution in [3.8, 4) is 6.07 Å². The lowest BCUT2D eigenvalue weighted by Gasteiger charge is -2.06. The number of amides is 1. The van der Waals surface area contributed by atoms with Crippen LogP contribution in [-0.2, 0) is 0 Å². The van der Waals surface area contributed by atoms with Crippen molar-refractivity contribution in [2.24, 2.45) is 5.73 Å². The van der Waals surface area contributed by atoms with Gasteiger partial charge in [0.2, 0.25) is 5.91 Å². The van der Waals surface area contributed by atoms with Crippen molar-refractivity contribution in [1.82, 2.24) is 4.98 Å². The van der Waals surface area contributed by atoms with Crippen molar-refractivity contribution in [3.05, 3.63) is 53.7 Å². The van der Waals surface area contributed by atoms with Crippen LogP contribution in [0.4, 0.5) is 11.5 Å². The molecule has 0 saturated heterocycles. The average Bonchev–Trinajstić information content (AvgIpc) is 2.39. The minimum absolute atomic E-state index is 0.413. The van der Waals surface area contributed by atoms with Crippen LogP contribution in [0.1, 0.15) is 15.9 Å². The van der Waals surface area contributed by atoms with E-state index in [1.54, 1.807) is 42.6 Å². The van der Waals surface area contributed by atoms with Crippen LogP contribution in [0.3, 0.4) is 0 Å². The first-order valence-corrected chi connectivity index (χ1v) is 5.22. The van der Waals surface area contributed by atoms with Crippen molar-refractivity contribution in [3.63, 3.8) is 0 Å². The van der Waals surface area contributed by atoms with Crippen LogP contribution >= 0.6 is 0 Å². The molecule has 5 nitrogen and oxygen atoms in total. The molecule has 0 radical (unpaired) electrons. The Morgan fingerprint density at radius 1 is 1.33 bits per heavy atom. The number of aromatic nitrogens is 1. The zero-order chi connectivity index (χ0) is 13.0. The fourth-order valence-corrected chi connectivity index (χ4v) is 1.47. The van der Waals surface area contributed by atoms with Gasteiger partial charge in [-0.3, -0.25) is 4.79 Å². The summed E-state index contributed by atoms with van der Waals surface area (Å²) in [5.74, 6) is 0.0491. The number of nitrogens with one attached hydrogen (secondary N) is 1. The lowest BCUT2D eigenvalue weighted by atomic mass is 10.2. The van der Waals surface area contributed by atoms with Gasteiger partial charge in [0.1, 0.15) is 5.82 Å². The number of rotatable bonds is 3. The molecule has 0 aliphatic heterocycles. The standard InChI is InChI=1S/C13H10N4O/c14-8-9-4-5-16-12(6-9)17-11-3-1-2-10(7-11)13(15)18/h1-7H,(H2,15,18)(H,16,17). The number of primary amides is 1. The van der Waals surface area contributed by atoms with Crippen molar-refractivity contribution >= 4 is 17.4 Å². The Balaban J connectivity index is 2.26. The van der Waals surface area contributed by atoms with Gasteiger partial charge < -0.3 is 11.1 Å². The largest absolute Gasteiger partial charge is 0.366 e. The number of hydrogen-bond donors (Lipinski definition) is 2. The summed E-state index contributed by atoms with van der Waals surface area (Å²) in [5.41, 5.74) is 6.81. The predicted octanol–water partition coefficient (Wildman–Crippen LogP) is 1.80. The van der Waals surface area contributed by atoms with E-state index in [1.807, 2.05) is 6.07 Å². The SMILES string of the molecule is N#Cc1ccnc(Nc2cccc(C(N)=O)c2)c1. The Bertz CT molecular complexity index is 631. The molecule has 88 valence electrons. The maximum Gasteiger partial charge on any atom is 0.248 e. The van der Waals surface area contributed by atoms with Gasteiger partial charge in [-0.2, -0.15) is 5.26 Å². The number of nitrogens with zero attached hydrogens (tertiary/aromatic N) is 2. The second kappa shape index (κ2) is 4.97. The molecule has 18 heavy (non-hydrogen) atoms. The molecule has 1 amide bonds. The summed E-state index contributed by atoms with van der Waals surface area (Å²) in [6.07, 6.45) is 1.54. The molecule has 0 atom stereocenters. The first-order chi connectivity index (χ1) is 8.69. The summed E-state index contributed by atoms with van der Waals surface area (Å²) < 4.78 is 0. The molecule has 0 aliphatic rings. The normalized spacial score (nSPS) is 9.50. The molecular weight excluding hydrogens is 228 g/mol. The van der Waals surface area contributed by atoms with Crippen molar-refractivity contribution in [2.75, 3.05) is 5.32 Å². The molecule has 5 heteroatoms. The summed E-state index contributed by atoms with van der Waals surface area (Å²) in [7, 11) is 0. The highest BCUT2D eigenvalue weighted by atomic mass is 16.1. The van der Waals surface area contributed by atoms with E-state index in [-0.39, 0.29) is 0 Å². The topological polar surface area (TPSA) is 91.8 Å². The summed E-state index contributed by atoms with van der Waals surface area (Å²) in [6, 6.07) is 12.0. The maximum atomic E-state index is 11.0. The number of nitrogens with two attached hydrogens (primary N) is 1. The molecule has 2 aromatic rings. The van der Waals surface area contributed by atoms with E-state index >= 15 is 0 Å². The van der Waals surface area contributed by atoms with E-state index in [1.165, 1.54) is 0 Å². The zero-order valence-electron chi connectivity index (χ0n) is 9.42. The average molecular weight is 238 g/mol. The van der Waals surface area contributed by atoms with E-state index in [0.29, 0.717) is 22.6 Å². The molecular formula is C13H10N4O. The number of anilines is 2. The van der Waals surface area contributed by atoms with E-state index in [0.717, 1.165) is 0 Å². The van der Waals surface area contributed by atoms with Gasteiger partial charge in [-0.05, 0) is 30.3 Å². The number of benzene rings is 1. The van der Waals surface area contributed by atoms with Crippen LogP contribution in [-0.4, -0.2) is 10.9 Å². The number of pyridine rings is 1. The van der Waals surface area contributed by atoms with Crippen LogP contribution in [0, 0.1) is 11.3 Å². The van der Waals surface area contributed by atoms with Gasteiger partial charge in [0, 0.05) is 17.4 Å². The van der Waals surface area contributed by atoms with Crippen LogP contribution in [0.5, 0.6) is 0 Å². The third-order valence-corrected chi connectivity index (χ3v) is 2.31. The summed E-state index contributed by atoms with van der Waals surface area (Å²) in [4.78, 5) is 15.1. The van der Waals surface area contributed by atoms with Crippen molar-refractivity contribution in [2.45, 2.75) is 0 Å². The Morgan fingerprint density at radius 3 is 2.89 bits per heavy atom. The molecule has 0 bridgehead atoms. The van der Waals surface area contributed by atoms with Crippen LogP contribution in [0.2, 0.25) is 0 Å². The first kappa shape index (κ1) is 11.6. The summed E-state index contributed by atoms with van der Waals surface area (Å²) >= 11 is 0. The number of carbonyl (C=O) groups is 1. The molecule has 2 rings (SSSR count). The van der Waals surface area contributed by atoms with Crippen LogP contribution in [0.15, 0.2) is 42.6 Å². The van der Waals surface area contributed by atoms with Crippen LogP contribution in [0.25, 0.3) is 0 Å². The Hall–Kier alpha value is -2.87. The Labute approximate surface area is 104 Å². The highest BCUT2D eigenvalue weighted by Gasteiger charge is 2.02. The van der Waals surface area contributed by atoms with Crippen molar-refractivity contribution < 1.29 is 4.79 Å². The molecule has 3 N–H and O–H groups in total. The quantitative estimate of drug-likeness (QED) is 0.852. The third-order valence-electron chi connectivity index (χ3n) is 2.31. The van der Waals surface area contributed by atoms with E-state index in [4.69, 9.17) is 11.0 Å². The second-order valence-electron chi connectivity index (χ2n) is 3.61. The molecule has 1 aromatic heterocycles. The highest BCUT2D eigenvalue weighted by molar-refractivity contribution is 5.93. The molecule has 0 fully saturated rings. The molecule has 0 spiro atoms. The smallest absolute Gasteiger partial charge is 0.248 e. The first-order valence-electron chi connectivity index (χ1n) is 5.22. The van der Waals surface area contributed by atoms with Crippen LogP contribution < -0.4 is 11.1 Å². The summed E-state index contributed by atoms with van der Waals surface area (Å²) in [6.45, 7) is 0. The van der Waals surface area contributed by atoms with Gasteiger partial charge in [0.15, 0.2) is 0 Å². The molecule has 1 heterocycles. The lowest BCUT2D eigenvalue weighted by molar-refractivity contribution is 0.100. The minimum atomic E-state index is -0.489. The Morgan fingerprint density at radius 2 is 2.17 bits per heavy atom. The highest BCUT2D eigenvalue weighted by Crippen LogP contribution is 2.16. The predicted molar refractivity (Wildman–Crippen MR) is 67.2 cm³/mol. The van der Waals surface area contributed by atoms with Gasteiger partial charge in [-0.25, -0.2) is 4.98 Å². The number of carbonyl (C=O) groups excluding carboxylic acids is 1. The minimum Gasteiger partial charge on any atom is -0.366 e. The van der Waals surface area contributed by atoms with Crippen molar-refractivity contribution in [1.29, 1.82) is 5.26 Å². The fraction of sp³-hybridized carbons (Fsp3) is 0. The molecule has 0 unspecified atom stereocenters. The van der Waals surface area contributed by atoms with E-state index in [2.05, 4.69) is 10.3 Å². The van der Waals surface area contributed by atoms with Gasteiger partial charge in [-0.1, -0.05) is 6.07 Å². The summed E-state index contributed by atoms with van der Waals surface area (Å²) in [5, 5.41) is 11.8.